The molecule has 0 radical (unpaired) electrons. The van der Waals surface area contributed by atoms with Crippen molar-refractivity contribution in [2.45, 2.75) is 12.8 Å². The van der Waals surface area contributed by atoms with Crippen LogP contribution in [0.5, 0.6) is 0 Å². The summed E-state index contributed by atoms with van der Waals surface area (Å²) in [5.41, 5.74) is 2.51. The van der Waals surface area contributed by atoms with Gasteiger partial charge in [-0.1, -0.05) is 18.2 Å². The molecular formula is C15H13N3O. The van der Waals surface area contributed by atoms with Gasteiger partial charge in [0.1, 0.15) is 17.5 Å². The van der Waals surface area contributed by atoms with Crippen LogP contribution in [-0.2, 0) is 11.8 Å². The molecule has 4 heteroatoms. The Morgan fingerprint density at radius 2 is 2.11 bits per heavy atom. The van der Waals surface area contributed by atoms with Crippen LogP contribution in [0.3, 0.4) is 0 Å². The summed E-state index contributed by atoms with van der Waals surface area (Å²) in [5.74, 6) is 0.893. The van der Waals surface area contributed by atoms with Crippen molar-refractivity contribution in [3.8, 4) is 6.07 Å². The summed E-state index contributed by atoms with van der Waals surface area (Å²) in [4.78, 5) is 11.3. The van der Waals surface area contributed by atoms with E-state index >= 15 is 0 Å². The average Bonchev–Trinajstić information content (AvgIpc) is 2.94. The Morgan fingerprint density at radius 1 is 1.32 bits per heavy atom. The first kappa shape index (κ1) is 11.5. The van der Waals surface area contributed by atoms with E-state index in [0.29, 0.717) is 18.4 Å². The molecule has 0 saturated heterocycles. The van der Waals surface area contributed by atoms with Crippen LogP contribution < -0.4 is 5.32 Å². The highest BCUT2D eigenvalue weighted by molar-refractivity contribution is 5.95. The van der Waals surface area contributed by atoms with E-state index < -0.39 is 0 Å². The van der Waals surface area contributed by atoms with Crippen LogP contribution in [0, 0.1) is 11.3 Å². The highest BCUT2D eigenvalue weighted by Gasteiger charge is 2.18. The summed E-state index contributed by atoms with van der Waals surface area (Å²) >= 11 is 0. The molecule has 94 valence electrons. The van der Waals surface area contributed by atoms with Gasteiger partial charge in [0.15, 0.2) is 5.78 Å². The van der Waals surface area contributed by atoms with E-state index in [1.165, 1.54) is 0 Å². The zero-order valence-electron chi connectivity index (χ0n) is 10.6. The van der Waals surface area contributed by atoms with Gasteiger partial charge in [0.2, 0.25) is 0 Å². The lowest BCUT2D eigenvalue weighted by atomic mass is 10.2. The lowest BCUT2D eigenvalue weighted by Gasteiger charge is -2.08. The topological polar surface area (TPSA) is 57.8 Å². The molecule has 0 saturated carbocycles. The molecule has 1 N–H and O–H groups in total. The Hall–Kier alpha value is -2.54. The van der Waals surface area contributed by atoms with E-state index in [4.69, 9.17) is 0 Å². The van der Waals surface area contributed by atoms with E-state index in [0.717, 1.165) is 22.4 Å². The number of hydrogen-bond acceptors (Lipinski definition) is 3. The van der Waals surface area contributed by atoms with Crippen molar-refractivity contribution in [1.82, 2.24) is 4.57 Å². The molecule has 19 heavy (non-hydrogen) atoms. The third-order valence-electron chi connectivity index (χ3n) is 3.47. The summed E-state index contributed by atoms with van der Waals surface area (Å²) in [6, 6.07) is 10.0. The number of fused-ring (bicyclic) bond motifs is 1. The first-order valence-corrected chi connectivity index (χ1v) is 6.18. The standard InChI is InChI=1S/C15H13N3O/c1-18-14-5-3-2-4-12(14)13(9-16)15(18)17-10-6-7-11(19)8-10/h2-5,8,17H,6-7H2,1H3. The van der Waals surface area contributed by atoms with E-state index in [1.807, 2.05) is 35.9 Å². The van der Waals surface area contributed by atoms with Crippen LogP contribution in [0.1, 0.15) is 18.4 Å². The van der Waals surface area contributed by atoms with Crippen molar-refractivity contribution in [3.63, 3.8) is 0 Å². The molecule has 1 aromatic heterocycles. The van der Waals surface area contributed by atoms with Gasteiger partial charge in [-0.25, -0.2) is 0 Å². The second-order valence-electron chi connectivity index (χ2n) is 4.67. The lowest BCUT2D eigenvalue weighted by molar-refractivity contribution is -0.114. The maximum atomic E-state index is 11.3. The van der Waals surface area contributed by atoms with Crippen LogP contribution in [0.15, 0.2) is 36.0 Å². The van der Waals surface area contributed by atoms with Gasteiger partial charge in [0.25, 0.3) is 0 Å². The van der Waals surface area contributed by atoms with Gasteiger partial charge in [-0.2, -0.15) is 5.26 Å². The van der Waals surface area contributed by atoms with Crippen LogP contribution in [0.4, 0.5) is 5.82 Å². The first-order chi connectivity index (χ1) is 9.20. The number of hydrogen-bond donors (Lipinski definition) is 1. The highest BCUT2D eigenvalue weighted by Crippen LogP contribution is 2.30. The molecule has 3 rings (SSSR count). The number of benzene rings is 1. The van der Waals surface area contributed by atoms with E-state index in [9.17, 15) is 10.1 Å². The van der Waals surface area contributed by atoms with Gasteiger partial charge in [-0.15, -0.1) is 0 Å². The molecule has 0 aliphatic heterocycles. The van der Waals surface area contributed by atoms with Gasteiger partial charge in [0.05, 0.1) is 5.52 Å². The Morgan fingerprint density at radius 3 is 2.79 bits per heavy atom. The first-order valence-electron chi connectivity index (χ1n) is 6.18. The molecule has 0 atom stereocenters. The molecular weight excluding hydrogens is 238 g/mol. The molecule has 1 aliphatic rings. The fraction of sp³-hybridized carbons (Fsp3) is 0.200. The SMILES string of the molecule is Cn1c(NC2=CC(=O)CC2)c(C#N)c2ccccc21. The van der Waals surface area contributed by atoms with Crippen molar-refractivity contribution >= 4 is 22.5 Å². The summed E-state index contributed by atoms with van der Waals surface area (Å²) in [6.45, 7) is 0. The number of allylic oxidation sites excluding steroid dienone is 2. The second kappa shape index (κ2) is 4.29. The largest absolute Gasteiger partial charge is 0.344 e. The van der Waals surface area contributed by atoms with Gasteiger partial charge in [0, 0.05) is 30.6 Å². The van der Waals surface area contributed by atoms with Gasteiger partial charge < -0.3 is 9.88 Å². The van der Waals surface area contributed by atoms with Crippen molar-refractivity contribution < 1.29 is 4.79 Å². The number of nitrogens with zero attached hydrogens (tertiary/aromatic N) is 2. The maximum absolute atomic E-state index is 11.3. The molecule has 1 heterocycles. The number of carbonyl (C=O) groups is 1. The Balaban J connectivity index is 2.13. The average molecular weight is 251 g/mol. The van der Waals surface area contributed by atoms with Crippen LogP contribution in [0.2, 0.25) is 0 Å². The van der Waals surface area contributed by atoms with Crippen molar-refractivity contribution in [2.24, 2.45) is 7.05 Å². The molecule has 1 aliphatic carbocycles. The van der Waals surface area contributed by atoms with Crippen molar-refractivity contribution in [2.75, 3.05) is 5.32 Å². The van der Waals surface area contributed by atoms with Crippen LogP contribution >= 0.6 is 0 Å². The molecule has 0 fully saturated rings. The lowest BCUT2D eigenvalue weighted by Crippen LogP contribution is -2.03. The van der Waals surface area contributed by atoms with Crippen molar-refractivity contribution in [3.05, 3.63) is 41.6 Å². The minimum atomic E-state index is 0.139. The molecule has 0 bridgehead atoms. The number of nitriles is 1. The fourth-order valence-electron chi connectivity index (χ4n) is 2.50. The normalized spacial score (nSPS) is 14.5. The van der Waals surface area contributed by atoms with E-state index in [1.54, 1.807) is 6.08 Å². The summed E-state index contributed by atoms with van der Waals surface area (Å²) in [6.07, 6.45) is 2.89. The number of rotatable bonds is 2. The van der Waals surface area contributed by atoms with Crippen LogP contribution in [0.25, 0.3) is 10.9 Å². The summed E-state index contributed by atoms with van der Waals surface area (Å²) < 4.78 is 1.96. The number of aromatic nitrogens is 1. The maximum Gasteiger partial charge on any atom is 0.157 e. The Labute approximate surface area is 110 Å². The predicted molar refractivity (Wildman–Crippen MR) is 73.6 cm³/mol. The Kier molecular flexibility index (Phi) is 2.60. The molecule has 1 aromatic carbocycles. The third kappa shape index (κ3) is 1.80. The number of ketones is 1. The van der Waals surface area contributed by atoms with E-state index in [-0.39, 0.29) is 5.78 Å². The molecule has 0 unspecified atom stereocenters. The predicted octanol–water partition coefficient (Wildman–Crippen LogP) is 2.71. The van der Waals surface area contributed by atoms with Gasteiger partial charge in [-0.05, 0) is 12.5 Å². The minimum absolute atomic E-state index is 0.139. The molecule has 0 spiro atoms. The monoisotopic (exact) mass is 251 g/mol. The fourth-order valence-corrected chi connectivity index (χ4v) is 2.50. The third-order valence-corrected chi connectivity index (χ3v) is 3.47. The van der Waals surface area contributed by atoms with E-state index in [2.05, 4.69) is 11.4 Å². The summed E-state index contributed by atoms with van der Waals surface area (Å²) in [5, 5.41) is 13.5. The van der Waals surface area contributed by atoms with Crippen LogP contribution in [-0.4, -0.2) is 10.4 Å². The molecule has 4 nitrogen and oxygen atoms in total. The van der Waals surface area contributed by atoms with Gasteiger partial charge in [-0.3, -0.25) is 4.79 Å². The van der Waals surface area contributed by atoms with Crippen molar-refractivity contribution in [1.29, 1.82) is 5.26 Å². The number of aryl methyl sites for hydroxylation is 1. The minimum Gasteiger partial charge on any atom is -0.344 e. The Bertz CT molecular complexity index is 747. The number of carbonyl (C=O) groups excluding carboxylic acids is 1. The zero-order valence-corrected chi connectivity index (χ0v) is 10.6. The zero-order chi connectivity index (χ0) is 13.4. The molecule has 0 amide bonds. The number of anilines is 1. The van der Waals surface area contributed by atoms with Gasteiger partial charge >= 0.3 is 0 Å². The number of para-hydroxylation sites is 1. The highest BCUT2D eigenvalue weighted by atomic mass is 16.1. The summed E-state index contributed by atoms with van der Waals surface area (Å²) in [7, 11) is 1.92. The number of nitrogens with one attached hydrogen (secondary N) is 1. The quantitative estimate of drug-likeness (QED) is 0.892. The smallest absolute Gasteiger partial charge is 0.157 e. The second-order valence-corrected chi connectivity index (χ2v) is 4.67. The molecule has 2 aromatic rings.